The minimum Gasteiger partial charge on any atom is -0.481 e. The molecular weight excluding hydrogens is 204 g/mol. The van der Waals surface area contributed by atoms with Crippen LogP contribution < -0.4 is 10.1 Å². The van der Waals surface area contributed by atoms with E-state index in [-0.39, 0.29) is 0 Å². The van der Waals surface area contributed by atoms with E-state index < -0.39 is 0 Å². The third-order valence-electron chi connectivity index (χ3n) is 2.30. The van der Waals surface area contributed by atoms with Crippen molar-refractivity contribution in [3.05, 3.63) is 18.0 Å². The highest BCUT2D eigenvalue weighted by molar-refractivity contribution is 5.71. The largest absolute Gasteiger partial charge is 0.481 e. The molecule has 2 rings (SSSR count). The van der Waals surface area contributed by atoms with Gasteiger partial charge in [-0.2, -0.15) is 4.98 Å². The van der Waals surface area contributed by atoms with Gasteiger partial charge in [0, 0.05) is 6.07 Å². The number of aromatic nitrogens is 3. The molecule has 0 saturated heterocycles. The van der Waals surface area contributed by atoms with E-state index in [0.29, 0.717) is 11.5 Å². The highest BCUT2D eigenvalue weighted by Gasteiger charge is 2.04. The maximum Gasteiger partial charge on any atom is 0.215 e. The summed E-state index contributed by atoms with van der Waals surface area (Å²) < 4.78 is 5.05. The van der Waals surface area contributed by atoms with Crippen LogP contribution >= 0.6 is 0 Å². The second-order valence-corrected chi connectivity index (χ2v) is 3.59. The maximum absolute atomic E-state index is 5.05. The topological polar surface area (TPSA) is 62.8 Å². The molecule has 0 spiro atoms. The van der Waals surface area contributed by atoms with E-state index in [0.717, 1.165) is 30.9 Å². The number of ether oxygens (including phenoxy) is 1. The Kier molecular flexibility index (Phi) is 3.36. The Morgan fingerprint density at radius 3 is 3.00 bits per heavy atom. The van der Waals surface area contributed by atoms with Crippen LogP contribution in [0.25, 0.3) is 11.2 Å². The predicted octanol–water partition coefficient (Wildman–Crippen LogP) is 1.47. The molecule has 0 bridgehead atoms. The molecule has 2 heterocycles. The van der Waals surface area contributed by atoms with Gasteiger partial charge in [0.25, 0.3) is 0 Å². The van der Waals surface area contributed by atoms with Crippen LogP contribution in [0.5, 0.6) is 5.88 Å². The van der Waals surface area contributed by atoms with Gasteiger partial charge in [-0.15, -0.1) is 0 Å². The number of aromatic amines is 1. The number of hydrogen-bond acceptors (Lipinski definition) is 4. The van der Waals surface area contributed by atoms with Gasteiger partial charge in [0.05, 0.1) is 19.2 Å². The Hall–Kier alpha value is -1.62. The molecule has 0 unspecified atom stereocenters. The summed E-state index contributed by atoms with van der Waals surface area (Å²) in [6.07, 6.45) is 1.12. The number of pyridine rings is 1. The summed E-state index contributed by atoms with van der Waals surface area (Å²) in [5.74, 6) is 1.50. The average Bonchev–Trinajstić information content (AvgIpc) is 2.70. The van der Waals surface area contributed by atoms with Gasteiger partial charge in [0.1, 0.15) is 5.82 Å². The Bertz CT molecular complexity index is 466. The van der Waals surface area contributed by atoms with Crippen LogP contribution in [0.15, 0.2) is 12.1 Å². The van der Waals surface area contributed by atoms with Gasteiger partial charge in [-0.3, -0.25) is 0 Å². The lowest BCUT2D eigenvalue weighted by Gasteiger charge is -1.97. The van der Waals surface area contributed by atoms with Crippen LogP contribution in [0, 0.1) is 0 Å². The number of fused-ring (bicyclic) bond motifs is 1. The quantitative estimate of drug-likeness (QED) is 0.749. The average molecular weight is 220 g/mol. The number of H-pyrrole nitrogens is 1. The molecule has 0 aliphatic heterocycles. The fraction of sp³-hybridized carbons (Fsp3) is 0.455. The van der Waals surface area contributed by atoms with E-state index in [1.807, 2.05) is 12.1 Å². The van der Waals surface area contributed by atoms with Gasteiger partial charge in [0.15, 0.2) is 5.65 Å². The van der Waals surface area contributed by atoms with Crippen molar-refractivity contribution in [3.8, 4) is 5.88 Å². The monoisotopic (exact) mass is 220 g/mol. The molecule has 0 atom stereocenters. The zero-order valence-electron chi connectivity index (χ0n) is 9.58. The van der Waals surface area contributed by atoms with Crippen LogP contribution in [0.4, 0.5) is 0 Å². The second kappa shape index (κ2) is 4.94. The minimum atomic E-state index is 0.590. The lowest BCUT2D eigenvalue weighted by atomic mass is 10.4. The molecule has 0 amide bonds. The van der Waals surface area contributed by atoms with E-state index in [9.17, 15) is 0 Å². The molecule has 0 saturated carbocycles. The van der Waals surface area contributed by atoms with Gasteiger partial charge in [-0.25, -0.2) is 4.98 Å². The van der Waals surface area contributed by atoms with E-state index in [2.05, 4.69) is 27.2 Å². The fourth-order valence-corrected chi connectivity index (χ4v) is 1.51. The van der Waals surface area contributed by atoms with Crippen LogP contribution in [0.2, 0.25) is 0 Å². The third kappa shape index (κ3) is 2.30. The molecule has 2 N–H and O–H groups in total. The molecule has 0 aliphatic rings. The van der Waals surface area contributed by atoms with Crippen molar-refractivity contribution in [2.45, 2.75) is 19.9 Å². The maximum atomic E-state index is 5.05. The first kappa shape index (κ1) is 10.9. The molecule has 86 valence electrons. The highest BCUT2D eigenvalue weighted by atomic mass is 16.5. The van der Waals surface area contributed by atoms with Crippen molar-refractivity contribution in [1.82, 2.24) is 20.3 Å². The van der Waals surface area contributed by atoms with Gasteiger partial charge in [-0.1, -0.05) is 6.92 Å². The fourth-order valence-electron chi connectivity index (χ4n) is 1.51. The van der Waals surface area contributed by atoms with Crippen molar-refractivity contribution in [2.24, 2.45) is 0 Å². The molecule has 0 fully saturated rings. The first-order valence-corrected chi connectivity index (χ1v) is 5.44. The van der Waals surface area contributed by atoms with Gasteiger partial charge < -0.3 is 15.0 Å². The standard InChI is InChI=1S/C11H16N4O/c1-3-6-12-7-9-13-8-4-5-10(16-2)15-11(8)14-9/h4-5,12H,3,6-7H2,1-2H3,(H,13,14,15). The summed E-state index contributed by atoms with van der Waals surface area (Å²) in [6, 6.07) is 3.75. The molecular formula is C11H16N4O. The molecule has 0 aliphatic carbocycles. The lowest BCUT2D eigenvalue weighted by Crippen LogP contribution is -2.14. The highest BCUT2D eigenvalue weighted by Crippen LogP contribution is 2.13. The Morgan fingerprint density at radius 1 is 1.38 bits per heavy atom. The molecule has 2 aromatic rings. The van der Waals surface area contributed by atoms with Crippen LogP contribution in [0.1, 0.15) is 19.2 Å². The Balaban J connectivity index is 2.16. The van der Waals surface area contributed by atoms with Crippen LogP contribution in [-0.2, 0) is 6.54 Å². The van der Waals surface area contributed by atoms with Crippen molar-refractivity contribution < 1.29 is 4.74 Å². The SMILES string of the molecule is CCCNCc1nc2nc(OC)ccc2[nH]1. The molecule has 16 heavy (non-hydrogen) atoms. The van der Waals surface area contributed by atoms with Gasteiger partial charge in [-0.05, 0) is 19.0 Å². The van der Waals surface area contributed by atoms with Gasteiger partial charge in [0.2, 0.25) is 5.88 Å². The normalized spacial score (nSPS) is 10.9. The summed E-state index contributed by atoms with van der Waals surface area (Å²) in [5, 5.41) is 3.29. The Morgan fingerprint density at radius 2 is 2.25 bits per heavy atom. The zero-order chi connectivity index (χ0) is 11.4. The van der Waals surface area contributed by atoms with Crippen molar-refractivity contribution in [1.29, 1.82) is 0 Å². The molecule has 0 aromatic carbocycles. The lowest BCUT2D eigenvalue weighted by molar-refractivity contribution is 0.399. The summed E-state index contributed by atoms with van der Waals surface area (Å²) in [7, 11) is 1.60. The van der Waals surface area contributed by atoms with Crippen molar-refractivity contribution in [2.75, 3.05) is 13.7 Å². The molecule has 2 aromatic heterocycles. The van der Waals surface area contributed by atoms with E-state index in [4.69, 9.17) is 4.74 Å². The summed E-state index contributed by atoms with van der Waals surface area (Å²) in [6.45, 7) is 3.87. The predicted molar refractivity (Wildman–Crippen MR) is 62.4 cm³/mol. The molecule has 0 radical (unpaired) electrons. The van der Waals surface area contributed by atoms with Crippen molar-refractivity contribution in [3.63, 3.8) is 0 Å². The summed E-state index contributed by atoms with van der Waals surface area (Å²) >= 11 is 0. The number of nitrogens with one attached hydrogen (secondary N) is 2. The van der Waals surface area contributed by atoms with E-state index in [1.54, 1.807) is 7.11 Å². The van der Waals surface area contributed by atoms with Crippen molar-refractivity contribution >= 4 is 11.2 Å². The Labute approximate surface area is 94.2 Å². The first-order valence-electron chi connectivity index (χ1n) is 5.44. The number of hydrogen-bond donors (Lipinski definition) is 2. The summed E-state index contributed by atoms with van der Waals surface area (Å²) in [5.41, 5.74) is 1.64. The van der Waals surface area contributed by atoms with Gasteiger partial charge >= 0.3 is 0 Å². The number of rotatable bonds is 5. The van der Waals surface area contributed by atoms with E-state index >= 15 is 0 Å². The number of nitrogens with zero attached hydrogens (tertiary/aromatic N) is 2. The summed E-state index contributed by atoms with van der Waals surface area (Å²) in [4.78, 5) is 11.8. The number of imidazole rings is 1. The minimum absolute atomic E-state index is 0.590. The number of methoxy groups -OCH3 is 1. The molecule has 5 heteroatoms. The third-order valence-corrected chi connectivity index (χ3v) is 2.30. The van der Waals surface area contributed by atoms with Crippen LogP contribution in [-0.4, -0.2) is 28.6 Å². The second-order valence-electron chi connectivity index (χ2n) is 3.59. The zero-order valence-corrected chi connectivity index (χ0v) is 9.58. The van der Waals surface area contributed by atoms with Crippen LogP contribution in [0.3, 0.4) is 0 Å². The van der Waals surface area contributed by atoms with E-state index in [1.165, 1.54) is 0 Å². The smallest absolute Gasteiger partial charge is 0.215 e. The first-order chi connectivity index (χ1) is 7.83. The molecule has 5 nitrogen and oxygen atoms in total.